The number of hydrogen-bond acceptors (Lipinski definition) is 5. The molecule has 0 saturated carbocycles. The molecule has 0 saturated heterocycles. The Hall–Kier alpha value is -2.18. The van der Waals surface area contributed by atoms with Crippen molar-refractivity contribution in [3.05, 3.63) is 27.9 Å². The van der Waals surface area contributed by atoms with Gasteiger partial charge in [0, 0.05) is 12.1 Å². The molecule has 1 aromatic rings. The molecule has 0 atom stereocenters. The Bertz CT molecular complexity index is 458. The van der Waals surface area contributed by atoms with Crippen LogP contribution in [0, 0.1) is 10.1 Å². The third-order valence-electron chi connectivity index (χ3n) is 2.65. The van der Waals surface area contributed by atoms with Gasteiger partial charge in [0.05, 0.1) is 4.92 Å². The molecular weight excluding hydrogens is 238 g/mol. The lowest BCUT2D eigenvalue weighted by Gasteiger charge is -2.15. The second-order valence-corrected chi connectivity index (χ2v) is 3.81. The van der Waals surface area contributed by atoms with Gasteiger partial charge in [0.1, 0.15) is 17.6 Å². The summed E-state index contributed by atoms with van der Waals surface area (Å²) in [6, 6.07) is 1.36. The number of carboxylic acids is 1. The van der Waals surface area contributed by atoms with E-state index in [1.807, 2.05) is 13.8 Å². The number of carboxylic acid groups (broad SMARTS) is 1. The van der Waals surface area contributed by atoms with E-state index in [1.54, 1.807) is 0 Å². The largest absolute Gasteiger partial charge is 0.477 e. The Labute approximate surface area is 104 Å². The van der Waals surface area contributed by atoms with Crippen LogP contribution >= 0.6 is 0 Å². The summed E-state index contributed by atoms with van der Waals surface area (Å²) in [5, 5.41) is 22.6. The highest BCUT2D eigenvalue weighted by Gasteiger charge is 2.21. The van der Waals surface area contributed by atoms with E-state index in [0.29, 0.717) is 5.82 Å². The number of aromatic nitrogens is 1. The first-order chi connectivity index (χ1) is 8.49. The zero-order valence-corrected chi connectivity index (χ0v) is 10.2. The summed E-state index contributed by atoms with van der Waals surface area (Å²) in [4.78, 5) is 24.7. The second kappa shape index (κ2) is 5.95. The molecule has 1 rings (SSSR count). The van der Waals surface area contributed by atoms with Crippen molar-refractivity contribution >= 4 is 17.5 Å². The maximum atomic E-state index is 10.9. The summed E-state index contributed by atoms with van der Waals surface area (Å²) >= 11 is 0. The van der Waals surface area contributed by atoms with Crippen LogP contribution in [0.1, 0.15) is 37.0 Å². The first kappa shape index (κ1) is 13.9. The van der Waals surface area contributed by atoms with Crippen LogP contribution < -0.4 is 5.32 Å². The molecule has 0 unspecified atom stereocenters. The third kappa shape index (κ3) is 3.16. The van der Waals surface area contributed by atoms with Crippen LogP contribution in [0.4, 0.5) is 11.5 Å². The zero-order valence-electron chi connectivity index (χ0n) is 10.2. The fraction of sp³-hybridized carbons (Fsp3) is 0.455. The van der Waals surface area contributed by atoms with Crippen molar-refractivity contribution in [2.75, 3.05) is 5.32 Å². The molecule has 7 heteroatoms. The van der Waals surface area contributed by atoms with Crippen molar-refractivity contribution in [2.45, 2.75) is 32.7 Å². The fourth-order valence-electron chi connectivity index (χ4n) is 1.55. The molecular formula is C11H15N3O4. The normalized spacial score (nSPS) is 10.4. The average molecular weight is 253 g/mol. The molecule has 0 spiro atoms. The Morgan fingerprint density at radius 2 is 2.17 bits per heavy atom. The summed E-state index contributed by atoms with van der Waals surface area (Å²) in [6.07, 6.45) is 2.68. The van der Waals surface area contributed by atoms with Gasteiger partial charge in [0.2, 0.25) is 0 Å². The van der Waals surface area contributed by atoms with Crippen LogP contribution in [-0.4, -0.2) is 27.0 Å². The van der Waals surface area contributed by atoms with Crippen molar-refractivity contribution in [1.29, 1.82) is 0 Å². The van der Waals surface area contributed by atoms with E-state index in [-0.39, 0.29) is 11.6 Å². The summed E-state index contributed by atoms with van der Waals surface area (Å²) in [6.45, 7) is 3.98. The van der Waals surface area contributed by atoms with Crippen LogP contribution in [0.15, 0.2) is 12.3 Å². The predicted octanol–water partition coefficient (Wildman–Crippen LogP) is 2.29. The van der Waals surface area contributed by atoms with E-state index >= 15 is 0 Å². The molecule has 0 fully saturated rings. The Kier molecular flexibility index (Phi) is 4.59. The number of nitrogens with one attached hydrogen (secondary N) is 1. The lowest BCUT2D eigenvalue weighted by atomic mass is 10.1. The van der Waals surface area contributed by atoms with Gasteiger partial charge < -0.3 is 10.4 Å². The average Bonchev–Trinajstić information content (AvgIpc) is 2.35. The number of nitrogens with zero attached hydrogens (tertiary/aromatic N) is 2. The molecule has 1 heterocycles. The standard InChI is InChI=1S/C11H15N3O4/c1-3-7(4-2)13-10-5-8(11(15)16)9(6-12-10)14(17)18/h5-7H,3-4H2,1-2H3,(H,12,13)(H,15,16). The lowest BCUT2D eigenvalue weighted by Crippen LogP contribution is -2.18. The highest BCUT2D eigenvalue weighted by atomic mass is 16.6. The summed E-state index contributed by atoms with van der Waals surface area (Å²) in [7, 11) is 0. The maximum Gasteiger partial charge on any atom is 0.342 e. The SMILES string of the molecule is CCC(CC)Nc1cc(C(=O)O)c([N+](=O)[O-])cn1. The van der Waals surface area contributed by atoms with Crippen molar-refractivity contribution < 1.29 is 14.8 Å². The minimum atomic E-state index is -1.34. The van der Waals surface area contributed by atoms with Gasteiger partial charge in [0.15, 0.2) is 0 Å². The van der Waals surface area contributed by atoms with Gasteiger partial charge in [-0.2, -0.15) is 0 Å². The quantitative estimate of drug-likeness (QED) is 0.595. The molecule has 0 bridgehead atoms. The van der Waals surface area contributed by atoms with E-state index in [4.69, 9.17) is 5.11 Å². The molecule has 2 N–H and O–H groups in total. The first-order valence-corrected chi connectivity index (χ1v) is 5.63. The van der Waals surface area contributed by atoms with Gasteiger partial charge in [-0.3, -0.25) is 10.1 Å². The number of anilines is 1. The van der Waals surface area contributed by atoms with E-state index in [2.05, 4.69) is 10.3 Å². The van der Waals surface area contributed by atoms with E-state index < -0.39 is 16.6 Å². The number of carbonyl (C=O) groups is 1. The maximum absolute atomic E-state index is 10.9. The highest BCUT2D eigenvalue weighted by molar-refractivity contribution is 5.93. The third-order valence-corrected chi connectivity index (χ3v) is 2.65. The zero-order chi connectivity index (χ0) is 13.7. The second-order valence-electron chi connectivity index (χ2n) is 3.81. The Balaban J connectivity index is 3.07. The topological polar surface area (TPSA) is 105 Å². The van der Waals surface area contributed by atoms with Crippen LogP contribution in [0.5, 0.6) is 0 Å². The molecule has 0 radical (unpaired) electrons. The Morgan fingerprint density at radius 1 is 1.56 bits per heavy atom. The molecule has 18 heavy (non-hydrogen) atoms. The van der Waals surface area contributed by atoms with Crippen LogP contribution in [0.2, 0.25) is 0 Å². The van der Waals surface area contributed by atoms with Crippen molar-refractivity contribution in [2.24, 2.45) is 0 Å². The van der Waals surface area contributed by atoms with Gasteiger partial charge in [0.25, 0.3) is 0 Å². The van der Waals surface area contributed by atoms with Crippen LogP contribution in [0.25, 0.3) is 0 Å². The molecule has 0 aliphatic rings. The van der Waals surface area contributed by atoms with E-state index in [1.165, 1.54) is 6.07 Å². The highest BCUT2D eigenvalue weighted by Crippen LogP contribution is 2.21. The smallest absolute Gasteiger partial charge is 0.342 e. The number of nitro groups is 1. The monoisotopic (exact) mass is 253 g/mol. The van der Waals surface area contributed by atoms with E-state index in [9.17, 15) is 14.9 Å². The molecule has 1 aromatic heterocycles. The number of aromatic carboxylic acids is 1. The van der Waals surface area contributed by atoms with Gasteiger partial charge >= 0.3 is 11.7 Å². The molecule has 0 aliphatic carbocycles. The predicted molar refractivity (Wildman–Crippen MR) is 65.8 cm³/mol. The van der Waals surface area contributed by atoms with Gasteiger partial charge in [-0.15, -0.1) is 0 Å². The Morgan fingerprint density at radius 3 is 2.61 bits per heavy atom. The summed E-state index contributed by atoms with van der Waals surface area (Å²) in [5.74, 6) is -0.997. The molecule has 0 aromatic carbocycles. The molecule has 0 aliphatic heterocycles. The minimum absolute atomic E-state index is 0.167. The van der Waals surface area contributed by atoms with Gasteiger partial charge in [-0.25, -0.2) is 9.78 Å². The number of pyridine rings is 1. The molecule has 0 amide bonds. The first-order valence-electron chi connectivity index (χ1n) is 5.63. The fourth-order valence-corrected chi connectivity index (χ4v) is 1.55. The molecule has 98 valence electrons. The van der Waals surface area contributed by atoms with Crippen molar-refractivity contribution in [3.8, 4) is 0 Å². The van der Waals surface area contributed by atoms with Crippen LogP contribution in [0.3, 0.4) is 0 Å². The summed E-state index contributed by atoms with van der Waals surface area (Å²) < 4.78 is 0. The number of rotatable bonds is 6. The van der Waals surface area contributed by atoms with Crippen molar-refractivity contribution in [1.82, 2.24) is 4.98 Å². The van der Waals surface area contributed by atoms with Gasteiger partial charge in [-0.1, -0.05) is 13.8 Å². The van der Waals surface area contributed by atoms with E-state index in [0.717, 1.165) is 19.0 Å². The minimum Gasteiger partial charge on any atom is -0.477 e. The van der Waals surface area contributed by atoms with Gasteiger partial charge in [-0.05, 0) is 12.8 Å². The number of hydrogen-bond donors (Lipinski definition) is 2. The van der Waals surface area contributed by atoms with Crippen molar-refractivity contribution in [3.63, 3.8) is 0 Å². The van der Waals surface area contributed by atoms with Crippen LogP contribution in [-0.2, 0) is 0 Å². The lowest BCUT2D eigenvalue weighted by molar-refractivity contribution is -0.385. The molecule has 7 nitrogen and oxygen atoms in total. The summed E-state index contributed by atoms with van der Waals surface area (Å²) in [5.41, 5.74) is -0.860.